The van der Waals surface area contributed by atoms with Crippen LogP contribution in [0.25, 0.3) is 0 Å². The number of carbonyl (C=O) groups excluding carboxylic acids is 1. The summed E-state index contributed by atoms with van der Waals surface area (Å²) >= 11 is 0. The summed E-state index contributed by atoms with van der Waals surface area (Å²) in [5.74, 6) is 5.87. The third kappa shape index (κ3) is 5.09. The second-order valence-corrected chi connectivity index (χ2v) is 6.15. The topological polar surface area (TPSA) is 43.8 Å². The van der Waals surface area contributed by atoms with Crippen LogP contribution in [0.1, 0.15) is 25.3 Å². The highest BCUT2D eigenvalue weighted by Crippen LogP contribution is 2.18. The Kier molecular flexibility index (Phi) is 6.64. The van der Waals surface area contributed by atoms with E-state index in [1.54, 1.807) is 4.90 Å². The van der Waals surface area contributed by atoms with Crippen molar-refractivity contribution >= 4 is 5.91 Å². The van der Waals surface area contributed by atoms with Crippen LogP contribution in [0.3, 0.4) is 0 Å². The van der Waals surface area contributed by atoms with Gasteiger partial charge in [-0.2, -0.15) is 0 Å². The van der Waals surface area contributed by atoms with E-state index in [0.717, 1.165) is 18.5 Å². The maximum atomic E-state index is 12.8. The summed E-state index contributed by atoms with van der Waals surface area (Å²) < 4.78 is 0. The molecule has 1 aliphatic heterocycles. The van der Waals surface area contributed by atoms with Crippen molar-refractivity contribution in [1.82, 2.24) is 9.80 Å². The molecule has 1 aliphatic rings. The van der Waals surface area contributed by atoms with Gasteiger partial charge in [0.25, 0.3) is 0 Å². The van der Waals surface area contributed by atoms with E-state index >= 15 is 0 Å². The number of piperidine rings is 1. The predicted molar refractivity (Wildman–Crippen MR) is 91.8 cm³/mol. The van der Waals surface area contributed by atoms with E-state index in [0.29, 0.717) is 26.1 Å². The molecule has 0 unspecified atom stereocenters. The molecule has 0 bridgehead atoms. The smallest absolute Gasteiger partial charge is 0.230 e. The number of rotatable bonds is 4. The summed E-state index contributed by atoms with van der Waals surface area (Å²) in [5.41, 5.74) is 0.953. The molecule has 1 aromatic rings. The Morgan fingerprint density at radius 2 is 2.13 bits per heavy atom. The molecule has 2 atom stereocenters. The number of benzene rings is 1. The third-order valence-corrected chi connectivity index (χ3v) is 4.18. The van der Waals surface area contributed by atoms with Crippen LogP contribution in [0.2, 0.25) is 0 Å². The maximum absolute atomic E-state index is 12.8. The summed E-state index contributed by atoms with van der Waals surface area (Å²) in [5, 5.41) is 10.2. The van der Waals surface area contributed by atoms with Gasteiger partial charge in [-0.05, 0) is 32.0 Å². The highest BCUT2D eigenvalue weighted by molar-refractivity contribution is 5.80. The fraction of sp³-hybridized carbons (Fsp3) is 0.526. The minimum absolute atomic E-state index is 0.0215. The van der Waals surface area contributed by atoms with Crippen molar-refractivity contribution in [2.45, 2.75) is 25.9 Å². The largest absolute Gasteiger partial charge is 0.392 e. The summed E-state index contributed by atoms with van der Waals surface area (Å²) in [7, 11) is 1.99. The molecule has 1 heterocycles. The molecule has 0 aliphatic carbocycles. The van der Waals surface area contributed by atoms with Gasteiger partial charge in [-0.1, -0.05) is 37.0 Å². The van der Waals surface area contributed by atoms with Gasteiger partial charge in [-0.3, -0.25) is 4.79 Å². The molecular weight excluding hydrogens is 288 g/mol. The summed E-state index contributed by atoms with van der Waals surface area (Å²) in [4.78, 5) is 16.6. The summed E-state index contributed by atoms with van der Waals surface area (Å²) in [6, 6.07) is 9.77. The molecule has 0 aromatic heterocycles. The zero-order valence-electron chi connectivity index (χ0n) is 14.0. The van der Waals surface area contributed by atoms with Crippen LogP contribution < -0.4 is 0 Å². The normalized spacial score (nSPS) is 21.3. The number of hydrogen-bond acceptors (Lipinski definition) is 3. The first-order valence-electron chi connectivity index (χ1n) is 8.31. The van der Waals surface area contributed by atoms with Crippen molar-refractivity contribution in [2.75, 3.05) is 33.2 Å². The van der Waals surface area contributed by atoms with E-state index in [-0.39, 0.29) is 11.8 Å². The SMILES string of the molecule is CCCN(CC#Cc1ccccc1)C(=O)[C@H]1CN(C)CC[C@@H]1O. The third-order valence-electron chi connectivity index (χ3n) is 4.18. The first-order chi connectivity index (χ1) is 11.1. The minimum Gasteiger partial charge on any atom is -0.392 e. The van der Waals surface area contributed by atoms with Crippen molar-refractivity contribution in [3.8, 4) is 11.8 Å². The monoisotopic (exact) mass is 314 g/mol. The van der Waals surface area contributed by atoms with Crippen LogP contribution in [0.4, 0.5) is 0 Å². The summed E-state index contributed by atoms with van der Waals surface area (Å²) in [6.07, 6.45) is 1.00. The molecule has 1 fully saturated rings. The molecule has 1 saturated heterocycles. The Balaban J connectivity index is 2.02. The van der Waals surface area contributed by atoms with E-state index in [1.165, 1.54) is 0 Å². The fourth-order valence-electron chi connectivity index (χ4n) is 2.88. The van der Waals surface area contributed by atoms with Crippen LogP contribution in [0.15, 0.2) is 30.3 Å². The van der Waals surface area contributed by atoms with Crippen molar-refractivity contribution in [2.24, 2.45) is 5.92 Å². The van der Waals surface area contributed by atoms with Gasteiger partial charge in [0.1, 0.15) is 0 Å². The lowest BCUT2D eigenvalue weighted by molar-refractivity contribution is -0.141. The van der Waals surface area contributed by atoms with E-state index in [2.05, 4.69) is 16.7 Å². The number of aliphatic hydroxyl groups is 1. The van der Waals surface area contributed by atoms with Gasteiger partial charge >= 0.3 is 0 Å². The van der Waals surface area contributed by atoms with Gasteiger partial charge in [0.05, 0.1) is 18.6 Å². The minimum atomic E-state index is -0.542. The molecule has 4 nitrogen and oxygen atoms in total. The maximum Gasteiger partial charge on any atom is 0.230 e. The first kappa shape index (κ1) is 17.5. The molecule has 1 N–H and O–H groups in total. The summed E-state index contributed by atoms with van der Waals surface area (Å²) in [6.45, 7) is 4.59. The van der Waals surface area contributed by atoms with Crippen LogP contribution in [0, 0.1) is 17.8 Å². The highest BCUT2D eigenvalue weighted by atomic mass is 16.3. The van der Waals surface area contributed by atoms with Gasteiger partial charge in [-0.25, -0.2) is 0 Å². The van der Waals surface area contributed by atoms with Gasteiger partial charge in [-0.15, -0.1) is 0 Å². The fourth-order valence-corrected chi connectivity index (χ4v) is 2.88. The second-order valence-electron chi connectivity index (χ2n) is 6.15. The van der Waals surface area contributed by atoms with E-state index in [9.17, 15) is 9.90 Å². The van der Waals surface area contributed by atoms with Crippen molar-refractivity contribution in [3.05, 3.63) is 35.9 Å². The average Bonchev–Trinajstić information content (AvgIpc) is 2.56. The van der Waals surface area contributed by atoms with Crippen molar-refractivity contribution in [1.29, 1.82) is 0 Å². The van der Waals surface area contributed by atoms with Crippen LogP contribution >= 0.6 is 0 Å². The second kappa shape index (κ2) is 8.71. The molecule has 23 heavy (non-hydrogen) atoms. The number of aliphatic hydroxyl groups excluding tert-OH is 1. The molecule has 0 spiro atoms. The first-order valence-corrected chi connectivity index (χ1v) is 8.31. The molecule has 4 heteroatoms. The number of nitrogens with zero attached hydrogens (tertiary/aromatic N) is 2. The Hall–Kier alpha value is -1.83. The predicted octanol–water partition coefficient (Wildman–Crippen LogP) is 1.59. The van der Waals surface area contributed by atoms with Crippen LogP contribution in [-0.4, -0.2) is 60.1 Å². The molecule has 1 aromatic carbocycles. The van der Waals surface area contributed by atoms with E-state index < -0.39 is 6.10 Å². The standard InChI is InChI=1S/C19H26N2O2/c1-3-12-21(13-7-10-16-8-5-4-6-9-16)19(23)17-15-20(2)14-11-18(17)22/h4-6,8-9,17-18,22H,3,11-15H2,1-2H3/t17-,18-/m0/s1. The molecule has 124 valence electrons. The van der Waals surface area contributed by atoms with Crippen LogP contribution in [-0.2, 0) is 4.79 Å². The molecule has 1 amide bonds. The number of likely N-dealkylation sites (tertiary alicyclic amines) is 1. The lowest BCUT2D eigenvalue weighted by Gasteiger charge is -2.35. The van der Waals surface area contributed by atoms with Gasteiger partial charge in [0, 0.05) is 25.2 Å². The Morgan fingerprint density at radius 1 is 1.39 bits per heavy atom. The zero-order chi connectivity index (χ0) is 16.7. The average molecular weight is 314 g/mol. The number of hydrogen-bond donors (Lipinski definition) is 1. The number of amides is 1. The van der Waals surface area contributed by atoms with Gasteiger partial charge < -0.3 is 14.9 Å². The lowest BCUT2D eigenvalue weighted by Crippen LogP contribution is -2.50. The van der Waals surface area contributed by atoms with Crippen LogP contribution in [0.5, 0.6) is 0 Å². The Bertz CT molecular complexity index is 562. The molecular formula is C19H26N2O2. The highest BCUT2D eigenvalue weighted by Gasteiger charge is 2.34. The van der Waals surface area contributed by atoms with E-state index in [1.807, 2.05) is 44.3 Å². The molecule has 2 rings (SSSR count). The Morgan fingerprint density at radius 3 is 2.83 bits per heavy atom. The number of carbonyl (C=O) groups is 1. The lowest BCUT2D eigenvalue weighted by atomic mass is 9.93. The molecule has 0 radical (unpaired) electrons. The van der Waals surface area contributed by atoms with Gasteiger partial charge in [0.2, 0.25) is 5.91 Å². The van der Waals surface area contributed by atoms with Gasteiger partial charge in [0.15, 0.2) is 0 Å². The Labute approximate surface area is 139 Å². The zero-order valence-corrected chi connectivity index (χ0v) is 14.0. The van der Waals surface area contributed by atoms with E-state index in [4.69, 9.17) is 0 Å². The quantitative estimate of drug-likeness (QED) is 0.858. The van der Waals surface area contributed by atoms with Crippen molar-refractivity contribution < 1.29 is 9.90 Å². The molecule has 0 saturated carbocycles. The van der Waals surface area contributed by atoms with Crippen molar-refractivity contribution in [3.63, 3.8) is 0 Å².